The zero-order chi connectivity index (χ0) is 24.1. The number of rotatable bonds is 7. The number of ether oxygens (including phenoxy) is 2. The number of amides is 1. The molecule has 0 aliphatic rings. The predicted molar refractivity (Wildman–Crippen MR) is 127 cm³/mol. The van der Waals surface area contributed by atoms with Gasteiger partial charge in [-0.25, -0.2) is 14.6 Å². The number of aromatic nitrogens is 1. The number of anilines is 1. The molecule has 1 aromatic heterocycles. The Morgan fingerprint density at radius 1 is 0.912 bits per heavy atom. The number of fused-ring (bicyclic) bond motifs is 1. The summed E-state index contributed by atoms with van der Waals surface area (Å²) in [5, 5.41) is 3.26. The third kappa shape index (κ3) is 5.10. The van der Waals surface area contributed by atoms with Gasteiger partial charge in [0.1, 0.15) is 5.52 Å². The number of thioether (sulfide) groups is 1. The number of carbonyl (C=O) groups excluding carboxylic acids is 3. The van der Waals surface area contributed by atoms with E-state index in [4.69, 9.17) is 13.9 Å². The second kappa shape index (κ2) is 10.2. The summed E-state index contributed by atoms with van der Waals surface area (Å²) >= 11 is 1.38. The van der Waals surface area contributed by atoms with Crippen molar-refractivity contribution in [3.63, 3.8) is 0 Å². The van der Waals surface area contributed by atoms with Gasteiger partial charge < -0.3 is 19.2 Å². The summed E-state index contributed by atoms with van der Waals surface area (Å²) in [4.78, 5) is 41.6. The Hall–Kier alpha value is -4.11. The van der Waals surface area contributed by atoms with E-state index in [0.29, 0.717) is 22.1 Å². The van der Waals surface area contributed by atoms with Crippen molar-refractivity contribution in [1.82, 2.24) is 4.98 Å². The minimum absolute atomic E-state index is 0.112. The van der Waals surface area contributed by atoms with Gasteiger partial charge in [0.15, 0.2) is 5.58 Å². The number of hydrogen-bond acceptors (Lipinski definition) is 8. The average Bonchev–Trinajstić information content (AvgIpc) is 3.29. The van der Waals surface area contributed by atoms with Crippen molar-refractivity contribution >= 4 is 46.4 Å². The maximum Gasteiger partial charge on any atom is 0.337 e. The first-order valence-electron chi connectivity index (χ1n) is 10.2. The van der Waals surface area contributed by atoms with Crippen LogP contribution in [0.3, 0.4) is 0 Å². The van der Waals surface area contributed by atoms with Crippen molar-refractivity contribution in [2.75, 3.05) is 19.5 Å². The van der Waals surface area contributed by atoms with Gasteiger partial charge in [-0.2, -0.15) is 0 Å². The highest BCUT2D eigenvalue weighted by Gasteiger charge is 2.17. The summed E-state index contributed by atoms with van der Waals surface area (Å²) < 4.78 is 15.2. The fraction of sp³-hybridized carbons (Fsp3) is 0.120. The van der Waals surface area contributed by atoms with Crippen molar-refractivity contribution in [1.29, 1.82) is 0 Å². The second-order valence-corrected chi connectivity index (χ2v) is 8.06. The van der Waals surface area contributed by atoms with Crippen LogP contribution in [0, 0.1) is 0 Å². The molecule has 1 heterocycles. The monoisotopic (exact) mass is 476 g/mol. The number of benzene rings is 3. The molecular formula is C25H20N2O6S. The molecule has 4 rings (SSSR count). The third-order valence-corrected chi connectivity index (χ3v) is 5.80. The van der Waals surface area contributed by atoms with Gasteiger partial charge in [0, 0.05) is 17.0 Å². The summed E-state index contributed by atoms with van der Waals surface area (Å²) in [5.74, 6) is -1.23. The molecule has 0 unspecified atom stereocenters. The van der Waals surface area contributed by atoms with Gasteiger partial charge in [0.2, 0.25) is 0 Å². The molecule has 9 heteroatoms. The number of hydrogen-bond donors (Lipinski definition) is 1. The van der Waals surface area contributed by atoms with Crippen LogP contribution in [0.1, 0.15) is 36.6 Å². The van der Waals surface area contributed by atoms with E-state index in [2.05, 4.69) is 10.3 Å². The molecule has 0 spiro atoms. The molecule has 1 amide bonds. The van der Waals surface area contributed by atoms with Gasteiger partial charge >= 0.3 is 11.9 Å². The third-order valence-electron chi connectivity index (χ3n) is 4.92. The zero-order valence-corrected chi connectivity index (χ0v) is 19.2. The minimum Gasteiger partial charge on any atom is -0.465 e. The summed E-state index contributed by atoms with van der Waals surface area (Å²) in [6.45, 7) is 0. The summed E-state index contributed by atoms with van der Waals surface area (Å²) in [7, 11) is 2.46. The first-order chi connectivity index (χ1) is 16.5. The highest BCUT2D eigenvalue weighted by molar-refractivity contribution is 7.98. The van der Waals surface area contributed by atoms with E-state index in [1.165, 1.54) is 44.2 Å². The molecule has 0 aliphatic heterocycles. The molecular weight excluding hydrogens is 456 g/mol. The normalized spacial score (nSPS) is 10.6. The number of nitrogens with zero attached hydrogens (tertiary/aromatic N) is 1. The Morgan fingerprint density at radius 3 is 2.24 bits per heavy atom. The molecule has 0 radical (unpaired) electrons. The standard InChI is InChI=1S/C25H20N2O6S/c1-31-23(29)16-11-17(24(30)32-2)13-18(12-16)26-22(28)19-8-4-3-7-15(19)14-34-25-27-20-9-5-6-10-21(20)33-25/h3-13H,14H2,1-2H3,(H,26,28). The molecule has 0 fully saturated rings. The van der Waals surface area contributed by atoms with Crippen LogP contribution in [0.2, 0.25) is 0 Å². The van der Waals surface area contributed by atoms with E-state index < -0.39 is 17.8 Å². The van der Waals surface area contributed by atoms with Crippen molar-refractivity contribution in [2.45, 2.75) is 11.0 Å². The Balaban J connectivity index is 1.55. The lowest BCUT2D eigenvalue weighted by Crippen LogP contribution is -2.15. The predicted octanol–water partition coefficient (Wildman–Crippen LogP) is 4.95. The summed E-state index contributed by atoms with van der Waals surface area (Å²) in [6.07, 6.45) is 0. The van der Waals surface area contributed by atoms with Crippen molar-refractivity contribution in [3.8, 4) is 0 Å². The zero-order valence-electron chi connectivity index (χ0n) is 18.4. The molecule has 0 atom stereocenters. The van der Waals surface area contributed by atoms with E-state index in [0.717, 1.165) is 11.1 Å². The van der Waals surface area contributed by atoms with Crippen LogP contribution >= 0.6 is 11.8 Å². The fourth-order valence-electron chi connectivity index (χ4n) is 3.29. The molecule has 3 aromatic carbocycles. The van der Waals surface area contributed by atoms with Crippen LogP contribution in [0.15, 0.2) is 76.4 Å². The number of methoxy groups -OCH3 is 2. The van der Waals surface area contributed by atoms with Crippen molar-refractivity contribution in [3.05, 3.63) is 89.0 Å². The molecule has 172 valence electrons. The van der Waals surface area contributed by atoms with Crippen LogP contribution in [-0.2, 0) is 15.2 Å². The summed E-state index contributed by atoms with van der Waals surface area (Å²) in [5.41, 5.74) is 3.15. The lowest BCUT2D eigenvalue weighted by atomic mass is 10.1. The van der Waals surface area contributed by atoms with E-state index in [9.17, 15) is 14.4 Å². The Bertz CT molecular complexity index is 1310. The maximum absolute atomic E-state index is 13.1. The van der Waals surface area contributed by atoms with E-state index >= 15 is 0 Å². The Morgan fingerprint density at radius 2 is 1.56 bits per heavy atom. The van der Waals surface area contributed by atoms with Crippen LogP contribution in [-0.4, -0.2) is 37.0 Å². The van der Waals surface area contributed by atoms with Gasteiger partial charge in [0.25, 0.3) is 11.1 Å². The Labute approximate surface area is 199 Å². The highest BCUT2D eigenvalue weighted by atomic mass is 32.2. The number of carbonyl (C=O) groups is 3. The summed E-state index contributed by atoms with van der Waals surface area (Å²) in [6, 6.07) is 18.8. The highest BCUT2D eigenvalue weighted by Crippen LogP contribution is 2.28. The van der Waals surface area contributed by atoms with E-state index in [-0.39, 0.29) is 16.8 Å². The number of oxazole rings is 1. The Kier molecular flexibility index (Phi) is 6.93. The van der Waals surface area contributed by atoms with Gasteiger partial charge in [0.05, 0.1) is 25.3 Å². The first-order valence-corrected chi connectivity index (χ1v) is 11.2. The maximum atomic E-state index is 13.1. The molecule has 8 nitrogen and oxygen atoms in total. The van der Waals surface area contributed by atoms with Crippen molar-refractivity contribution in [2.24, 2.45) is 0 Å². The largest absolute Gasteiger partial charge is 0.465 e. The van der Waals surface area contributed by atoms with Gasteiger partial charge in [-0.3, -0.25) is 4.79 Å². The minimum atomic E-state index is -0.642. The van der Waals surface area contributed by atoms with Gasteiger partial charge in [-0.1, -0.05) is 42.1 Å². The fourth-order valence-corrected chi connectivity index (χ4v) is 4.13. The van der Waals surface area contributed by atoms with Crippen LogP contribution in [0.25, 0.3) is 11.1 Å². The van der Waals surface area contributed by atoms with E-state index in [1.807, 2.05) is 36.4 Å². The van der Waals surface area contributed by atoms with Gasteiger partial charge in [-0.15, -0.1) is 0 Å². The molecule has 34 heavy (non-hydrogen) atoms. The van der Waals surface area contributed by atoms with E-state index in [1.54, 1.807) is 12.1 Å². The average molecular weight is 477 g/mol. The van der Waals surface area contributed by atoms with Gasteiger partial charge in [-0.05, 0) is 42.0 Å². The molecule has 1 N–H and O–H groups in total. The lowest BCUT2D eigenvalue weighted by Gasteiger charge is -2.12. The number of nitrogens with one attached hydrogen (secondary N) is 1. The number of para-hydroxylation sites is 2. The molecule has 0 aliphatic carbocycles. The molecule has 4 aromatic rings. The van der Waals surface area contributed by atoms with Crippen LogP contribution in [0.4, 0.5) is 5.69 Å². The SMILES string of the molecule is COC(=O)c1cc(NC(=O)c2ccccc2CSc2nc3ccccc3o2)cc(C(=O)OC)c1. The topological polar surface area (TPSA) is 108 Å². The quantitative estimate of drug-likeness (QED) is 0.295. The van der Waals surface area contributed by atoms with Crippen molar-refractivity contribution < 1.29 is 28.3 Å². The molecule has 0 saturated heterocycles. The first kappa shape index (κ1) is 23.1. The molecule has 0 saturated carbocycles. The van der Waals surface area contributed by atoms with Crippen LogP contribution < -0.4 is 5.32 Å². The second-order valence-electron chi connectivity index (χ2n) is 7.13. The van der Waals surface area contributed by atoms with Crippen LogP contribution in [0.5, 0.6) is 0 Å². The lowest BCUT2D eigenvalue weighted by molar-refractivity contribution is 0.0599. The number of esters is 2. The molecule has 0 bridgehead atoms. The smallest absolute Gasteiger partial charge is 0.337 e.